The second-order valence-electron chi connectivity index (χ2n) is 6.84. The van der Waals surface area contributed by atoms with E-state index in [1.54, 1.807) is 24.3 Å². The lowest BCUT2D eigenvalue weighted by Crippen LogP contribution is -2.40. The van der Waals surface area contributed by atoms with Crippen LogP contribution in [0.5, 0.6) is 0 Å². The quantitative estimate of drug-likeness (QED) is 0.771. The van der Waals surface area contributed by atoms with Gasteiger partial charge in [0.05, 0.1) is 5.92 Å². The van der Waals surface area contributed by atoms with Crippen molar-refractivity contribution in [3.8, 4) is 0 Å². The first-order valence-corrected chi connectivity index (χ1v) is 8.40. The summed E-state index contributed by atoms with van der Waals surface area (Å²) in [7, 11) is 0. The Labute approximate surface area is 140 Å². The first-order chi connectivity index (χ1) is 11.5. The molecule has 0 saturated heterocycles. The third-order valence-electron chi connectivity index (χ3n) is 5.01. The lowest BCUT2D eigenvalue weighted by atomic mass is 10.0. The number of rotatable bonds is 5. The molecule has 0 bridgehead atoms. The molecule has 0 radical (unpaired) electrons. The fourth-order valence-corrected chi connectivity index (χ4v) is 3.31. The van der Waals surface area contributed by atoms with Crippen molar-refractivity contribution in [2.75, 3.05) is 5.32 Å². The van der Waals surface area contributed by atoms with Gasteiger partial charge in [-0.25, -0.2) is 0 Å². The van der Waals surface area contributed by atoms with Crippen molar-refractivity contribution in [1.29, 1.82) is 0 Å². The Morgan fingerprint density at radius 1 is 1.08 bits per heavy atom. The molecule has 1 aromatic carbocycles. The summed E-state index contributed by atoms with van der Waals surface area (Å²) in [6, 6.07) is 6.37. The predicted molar refractivity (Wildman–Crippen MR) is 88.6 cm³/mol. The number of benzene rings is 1. The van der Waals surface area contributed by atoms with Gasteiger partial charge in [0.25, 0.3) is 5.91 Å². The topological polar surface area (TPSA) is 95.5 Å². The lowest BCUT2D eigenvalue weighted by molar-refractivity contribution is -0.142. The summed E-state index contributed by atoms with van der Waals surface area (Å²) < 4.78 is 0. The van der Waals surface area contributed by atoms with E-state index in [0.29, 0.717) is 30.0 Å². The van der Waals surface area contributed by atoms with Crippen LogP contribution in [0.4, 0.5) is 5.69 Å². The second kappa shape index (κ2) is 6.63. The first-order valence-electron chi connectivity index (χ1n) is 8.40. The number of carboxylic acids is 1. The van der Waals surface area contributed by atoms with Crippen molar-refractivity contribution >= 4 is 23.5 Å². The number of aliphatic carboxylic acids is 1. The third-order valence-corrected chi connectivity index (χ3v) is 5.01. The Morgan fingerprint density at radius 2 is 1.75 bits per heavy atom. The number of carboxylic acid groups (broad SMARTS) is 1. The van der Waals surface area contributed by atoms with Crippen LogP contribution < -0.4 is 10.6 Å². The zero-order valence-electron chi connectivity index (χ0n) is 13.6. The first kappa shape index (κ1) is 16.5. The summed E-state index contributed by atoms with van der Waals surface area (Å²) in [5.41, 5.74) is 1.13. The molecule has 6 nitrogen and oxygen atoms in total. The van der Waals surface area contributed by atoms with Gasteiger partial charge in [0.15, 0.2) is 0 Å². The molecule has 3 N–H and O–H groups in total. The number of hydrogen-bond donors (Lipinski definition) is 3. The molecule has 2 aliphatic carbocycles. The number of nitrogens with one attached hydrogen (secondary N) is 2. The monoisotopic (exact) mass is 330 g/mol. The number of carbonyl (C=O) groups excluding carboxylic acids is 2. The molecule has 4 atom stereocenters. The molecule has 128 valence electrons. The maximum absolute atomic E-state index is 12.3. The predicted octanol–water partition coefficient (Wildman–Crippen LogP) is 2.26. The van der Waals surface area contributed by atoms with Gasteiger partial charge in [-0.15, -0.1) is 0 Å². The fourth-order valence-electron chi connectivity index (χ4n) is 3.31. The van der Waals surface area contributed by atoms with Crippen molar-refractivity contribution in [1.82, 2.24) is 5.32 Å². The largest absolute Gasteiger partial charge is 0.481 e. The van der Waals surface area contributed by atoms with Crippen molar-refractivity contribution in [3.63, 3.8) is 0 Å². The van der Waals surface area contributed by atoms with Crippen LogP contribution in [0, 0.1) is 17.8 Å². The van der Waals surface area contributed by atoms with E-state index in [0.717, 1.165) is 12.8 Å². The molecule has 2 unspecified atom stereocenters. The highest BCUT2D eigenvalue weighted by atomic mass is 16.4. The van der Waals surface area contributed by atoms with Gasteiger partial charge in [-0.05, 0) is 49.4 Å². The Kier molecular flexibility index (Phi) is 4.55. The van der Waals surface area contributed by atoms with Gasteiger partial charge in [0, 0.05) is 23.2 Å². The highest BCUT2D eigenvalue weighted by Crippen LogP contribution is 2.38. The standard InChI is InChI=1S/C18H22N2O4/c1-10-9-14(10)17(22)19-12-7-5-11(6-8-12)16(21)20-15-4-2-3-13(15)18(23)24/h5-8,10,13-15H,2-4,9H2,1H3,(H,19,22)(H,20,21)(H,23,24)/t10?,13-,14?,15+/m0/s1. The van der Waals surface area contributed by atoms with E-state index >= 15 is 0 Å². The molecule has 0 aliphatic heterocycles. The molecule has 0 heterocycles. The summed E-state index contributed by atoms with van der Waals surface area (Å²) in [4.78, 5) is 35.3. The van der Waals surface area contributed by atoms with Gasteiger partial charge in [-0.3, -0.25) is 14.4 Å². The summed E-state index contributed by atoms with van der Waals surface area (Å²) in [5.74, 6) is -1.07. The zero-order chi connectivity index (χ0) is 17.3. The average molecular weight is 330 g/mol. The SMILES string of the molecule is CC1CC1C(=O)Nc1ccc(C(=O)N[C@@H]2CCC[C@@H]2C(=O)O)cc1. The van der Waals surface area contributed by atoms with Crippen molar-refractivity contribution in [2.45, 2.75) is 38.6 Å². The molecule has 6 heteroatoms. The molecule has 24 heavy (non-hydrogen) atoms. The molecule has 2 fully saturated rings. The van der Waals surface area contributed by atoms with E-state index in [-0.39, 0.29) is 23.8 Å². The highest BCUT2D eigenvalue weighted by Gasteiger charge is 2.39. The number of anilines is 1. The van der Waals surface area contributed by atoms with E-state index in [4.69, 9.17) is 5.11 Å². The van der Waals surface area contributed by atoms with E-state index in [9.17, 15) is 14.4 Å². The van der Waals surface area contributed by atoms with Crippen LogP contribution in [0.15, 0.2) is 24.3 Å². The molecule has 2 saturated carbocycles. The minimum absolute atomic E-state index is 0.0231. The Morgan fingerprint density at radius 3 is 2.33 bits per heavy atom. The van der Waals surface area contributed by atoms with Crippen LogP contribution in [0.1, 0.15) is 43.0 Å². The van der Waals surface area contributed by atoms with Gasteiger partial charge in [0.1, 0.15) is 0 Å². The number of amides is 2. The third kappa shape index (κ3) is 3.58. The average Bonchev–Trinajstić information content (AvgIpc) is 3.09. The summed E-state index contributed by atoms with van der Waals surface area (Å²) in [6.45, 7) is 2.05. The number of carbonyl (C=O) groups is 3. The van der Waals surface area contributed by atoms with Gasteiger partial charge in [-0.1, -0.05) is 13.3 Å². The molecule has 3 rings (SSSR count). The highest BCUT2D eigenvalue weighted by molar-refractivity contribution is 5.97. The Bertz CT molecular complexity index is 655. The molecule has 2 aliphatic rings. The van der Waals surface area contributed by atoms with Crippen molar-refractivity contribution in [2.24, 2.45) is 17.8 Å². The molecular formula is C18H22N2O4. The van der Waals surface area contributed by atoms with Gasteiger partial charge in [-0.2, -0.15) is 0 Å². The van der Waals surface area contributed by atoms with Crippen LogP contribution in [-0.2, 0) is 9.59 Å². The van der Waals surface area contributed by atoms with E-state index in [2.05, 4.69) is 10.6 Å². The van der Waals surface area contributed by atoms with Gasteiger partial charge in [0.2, 0.25) is 5.91 Å². The summed E-state index contributed by atoms with van der Waals surface area (Å²) >= 11 is 0. The van der Waals surface area contributed by atoms with Crippen LogP contribution in [0.3, 0.4) is 0 Å². The minimum atomic E-state index is -0.856. The Balaban J connectivity index is 1.57. The molecule has 1 aromatic rings. The van der Waals surface area contributed by atoms with Gasteiger partial charge < -0.3 is 15.7 Å². The van der Waals surface area contributed by atoms with E-state index < -0.39 is 11.9 Å². The van der Waals surface area contributed by atoms with Gasteiger partial charge >= 0.3 is 5.97 Å². The number of hydrogen-bond acceptors (Lipinski definition) is 3. The van der Waals surface area contributed by atoms with E-state index in [1.807, 2.05) is 6.92 Å². The summed E-state index contributed by atoms with van der Waals surface area (Å²) in [5, 5.41) is 14.8. The van der Waals surface area contributed by atoms with Crippen molar-refractivity contribution < 1.29 is 19.5 Å². The maximum atomic E-state index is 12.3. The normalized spacial score (nSPS) is 28.2. The molecule has 0 aromatic heterocycles. The van der Waals surface area contributed by atoms with Crippen LogP contribution in [0.25, 0.3) is 0 Å². The molecular weight excluding hydrogens is 308 g/mol. The fraction of sp³-hybridized carbons (Fsp3) is 0.500. The van der Waals surface area contributed by atoms with Crippen LogP contribution in [-0.4, -0.2) is 28.9 Å². The smallest absolute Gasteiger partial charge is 0.308 e. The van der Waals surface area contributed by atoms with Crippen LogP contribution in [0.2, 0.25) is 0 Å². The zero-order valence-corrected chi connectivity index (χ0v) is 13.6. The van der Waals surface area contributed by atoms with E-state index in [1.165, 1.54) is 0 Å². The molecule has 2 amide bonds. The molecule has 0 spiro atoms. The summed E-state index contributed by atoms with van der Waals surface area (Å²) in [6.07, 6.45) is 3.03. The second-order valence-corrected chi connectivity index (χ2v) is 6.84. The van der Waals surface area contributed by atoms with Crippen molar-refractivity contribution in [3.05, 3.63) is 29.8 Å². The lowest BCUT2D eigenvalue weighted by Gasteiger charge is -2.17. The van der Waals surface area contributed by atoms with Crippen LogP contribution >= 0.6 is 0 Å². The Hall–Kier alpha value is -2.37. The maximum Gasteiger partial charge on any atom is 0.308 e. The minimum Gasteiger partial charge on any atom is -0.481 e.